The van der Waals surface area contributed by atoms with Gasteiger partial charge in [-0.2, -0.15) is 0 Å². The van der Waals surface area contributed by atoms with Crippen LogP contribution in [0.1, 0.15) is 0 Å². The molecule has 11 rings (SSSR count). The number of hydrogen-bond acceptors (Lipinski definition) is 2. The number of anilines is 3. The van der Waals surface area contributed by atoms with E-state index in [1.165, 1.54) is 38.1 Å². The van der Waals surface area contributed by atoms with E-state index in [9.17, 15) is 0 Å². The molecule has 3 nitrogen and oxygen atoms in total. The molecule has 3 heteroatoms. The van der Waals surface area contributed by atoms with Crippen molar-refractivity contribution in [2.45, 2.75) is 0 Å². The van der Waals surface area contributed by atoms with Gasteiger partial charge in [0.2, 0.25) is 0 Å². The van der Waals surface area contributed by atoms with E-state index in [4.69, 9.17) is 4.42 Å². The molecule has 0 N–H and O–H groups in total. The van der Waals surface area contributed by atoms with Crippen molar-refractivity contribution in [3.8, 4) is 27.9 Å². The molecule has 0 fully saturated rings. The second-order valence-corrected chi connectivity index (χ2v) is 14.1. The van der Waals surface area contributed by atoms with Crippen LogP contribution in [-0.2, 0) is 0 Å². The molecule has 0 aliphatic rings. The molecule has 2 aromatic heterocycles. The second kappa shape index (κ2) is 12.6. The molecule has 258 valence electrons. The summed E-state index contributed by atoms with van der Waals surface area (Å²) in [7, 11) is 0. The van der Waals surface area contributed by atoms with E-state index >= 15 is 0 Å². The highest BCUT2D eigenvalue weighted by Crippen LogP contribution is 2.43. The van der Waals surface area contributed by atoms with Gasteiger partial charge in [-0.05, 0) is 82.6 Å². The minimum Gasteiger partial charge on any atom is -0.455 e. The van der Waals surface area contributed by atoms with E-state index in [1.54, 1.807) is 0 Å². The van der Waals surface area contributed by atoms with Gasteiger partial charge < -0.3 is 13.9 Å². The van der Waals surface area contributed by atoms with Crippen LogP contribution >= 0.6 is 0 Å². The van der Waals surface area contributed by atoms with Crippen LogP contribution in [0.2, 0.25) is 0 Å². The number of furan rings is 1. The molecule has 0 saturated heterocycles. The summed E-state index contributed by atoms with van der Waals surface area (Å²) in [6, 6.07) is 73.8. The Morgan fingerprint density at radius 3 is 1.84 bits per heavy atom. The van der Waals surface area contributed by atoms with Crippen LogP contribution in [0.5, 0.6) is 0 Å². The van der Waals surface area contributed by atoms with Gasteiger partial charge in [-0.3, -0.25) is 0 Å². The Morgan fingerprint density at radius 2 is 1.00 bits per heavy atom. The van der Waals surface area contributed by atoms with Gasteiger partial charge in [0.1, 0.15) is 11.2 Å². The Bertz CT molecular complexity index is 3190. The van der Waals surface area contributed by atoms with Gasteiger partial charge in [0.25, 0.3) is 0 Å². The first-order chi connectivity index (χ1) is 27.3. The molecule has 0 spiro atoms. The molecule has 0 bridgehead atoms. The minimum atomic E-state index is 0.906. The van der Waals surface area contributed by atoms with Crippen molar-refractivity contribution in [3.63, 3.8) is 0 Å². The molecule has 9 aromatic carbocycles. The van der Waals surface area contributed by atoms with Gasteiger partial charge in [-0.15, -0.1) is 0 Å². The van der Waals surface area contributed by atoms with Crippen LogP contribution in [0.4, 0.5) is 17.1 Å². The number of nitrogens with zero attached hydrogens (tertiary/aromatic N) is 2. The van der Waals surface area contributed by atoms with Crippen LogP contribution in [0, 0.1) is 0 Å². The Hall–Kier alpha value is -7.36. The monoisotopic (exact) mass is 702 g/mol. The fourth-order valence-corrected chi connectivity index (χ4v) is 8.49. The van der Waals surface area contributed by atoms with E-state index in [-0.39, 0.29) is 0 Å². The first-order valence-corrected chi connectivity index (χ1v) is 18.8. The zero-order chi connectivity index (χ0) is 36.3. The third-order valence-electron chi connectivity index (χ3n) is 11.0. The number of para-hydroxylation sites is 4. The van der Waals surface area contributed by atoms with Crippen LogP contribution in [0.15, 0.2) is 211 Å². The summed E-state index contributed by atoms with van der Waals surface area (Å²) in [5.41, 5.74) is 13.1. The molecule has 0 saturated carbocycles. The van der Waals surface area contributed by atoms with Crippen molar-refractivity contribution in [3.05, 3.63) is 206 Å². The summed E-state index contributed by atoms with van der Waals surface area (Å²) < 4.78 is 8.82. The predicted molar refractivity (Wildman–Crippen MR) is 231 cm³/mol. The zero-order valence-electron chi connectivity index (χ0n) is 29.9. The Morgan fingerprint density at radius 1 is 0.382 bits per heavy atom. The van der Waals surface area contributed by atoms with E-state index in [1.807, 2.05) is 12.1 Å². The summed E-state index contributed by atoms with van der Waals surface area (Å²) in [6.07, 6.45) is 0. The minimum absolute atomic E-state index is 0.906. The zero-order valence-corrected chi connectivity index (χ0v) is 29.9. The van der Waals surface area contributed by atoms with Crippen LogP contribution in [0.3, 0.4) is 0 Å². The normalized spacial score (nSPS) is 11.6. The smallest absolute Gasteiger partial charge is 0.143 e. The molecule has 0 atom stereocenters. The van der Waals surface area contributed by atoms with E-state index in [0.29, 0.717) is 0 Å². The average Bonchev–Trinajstić information content (AvgIpc) is 3.81. The molecule has 11 aromatic rings. The number of fused-ring (bicyclic) bond motifs is 8. The van der Waals surface area contributed by atoms with Gasteiger partial charge >= 0.3 is 0 Å². The van der Waals surface area contributed by atoms with Gasteiger partial charge in [0.05, 0.1) is 16.7 Å². The van der Waals surface area contributed by atoms with Crippen molar-refractivity contribution in [1.29, 1.82) is 0 Å². The molecular formula is C52H34N2O. The first-order valence-electron chi connectivity index (χ1n) is 18.8. The summed E-state index contributed by atoms with van der Waals surface area (Å²) in [4.78, 5) is 2.37. The van der Waals surface area contributed by atoms with Gasteiger partial charge in [-0.1, -0.05) is 146 Å². The van der Waals surface area contributed by atoms with Gasteiger partial charge in [0, 0.05) is 49.7 Å². The predicted octanol–water partition coefficient (Wildman–Crippen LogP) is 14.6. The van der Waals surface area contributed by atoms with E-state index in [0.717, 1.165) is 61.4 Å². The highest BCUT2D eigenvalue weighted by molar-refractivity contribution is 6.21. The third-order valence-corrected chi connectivity index (χ3v) is 11.0. The maximum atomic E-state index is 6.42. The van der Waals surface area contributed by atoms with Crippen LogP contribution < -0.4 is 4.90 Å². The molecule has 0 radical (unpaired) electrons. The van der Waals surface area contributed by atoms with Gasteiger partial charge in [-0.25, -0.2) is 0 Å². The molecule has 2 heterocycles. The maximum Gasteiger partial charge on any atom is 0.143 e. The fraction of sp³-hybridized carbons (Fsp3) is 0. The number of benzene rings is 9. The molecule has 0 aliphatic carbocycles. The lowest BCUT2D eigenvalue weighted by Gasteiger charge is -2.28. The molecule has 55 heavy (non-hydrogen) atoms. The van der Waals surface area contributed by atoms with Crippen LogP contribution in [0.25, 0.3) is 82.5 Å². The van der Waals surface area contributed by atoms with Gasteiger partial charge in [0.15, 0.2) is 0 Å². The third kappa shape index (κ3) is 5.05. The first kappa shape index (κ1) is 31.2. The van der Waals surface area contributed by atoms with E-state index < -0.39 is 0 Å². The Balaban J connectivity index is 1.06. The number of rotatable bonds is 6. The van der Waals surface area contributed by atoms with Crippen molar-refractivity contribution in [2.24, 2.45) is 0 Å². The molecule has 0 unspecified atom stereocenters. The topological polar surface area (TPSA) is 21.3 Å². The lowest BCUT2D eigenvalue weighted by molar-refractivity contribution is 0.670. The van der Waals surface area contributed by atoms with Crippen molar-refractivity contribution < 1.29 is 4.42 Å². The highest BCUT2D eigenvalue weighted by Gasteiger charge is 2.20. The lowest BCUT2D eigenvalue weighted by atomic mass is 10.00. The molecule has 0 aliphatic heterocycles. The maximum absolute atomic E-state index is 6.42. The number of aromatic nitrogens is 1. The standard InChI is InChI=1S/C52H34N2O/c1-2-13-35(14-3-1)41-16-6-9-22-47(41)53(38-28-25-37(26-29-38)43-20-12-21-45-44-18-8-11-24-50(44)55-52(43)45)39-30-32-40(33-31-39)54-48-23-10-7-19-46(48)51-42-17-5-4-15-36(42)27-34-49(51)54/h1-34H. The van der Waals surface area contributed by atoms with Crippen LogP contribution in [-0.4, -0.2) is 4.57 Å². The number of hydrogen-bond donors (Lipinski definition) is 0. The van der Waals surface area contributed by atoms with Crippen molar-refractivity contribution in [1.82, 2.24) is 4.57 Å². The van der Waals surface area contributed by atoms with Crippen molar-refractivity contribution >= 4 is 71.6 Å². The summed E-state index contributed by atoms with van der Waals surface area (Å²) >= 11 is 0. The Kier molecular flexibility index (Phi) is 7.17. The molecule has 0 amide bonds. The quantitative estimate of drug-likeness (QED) is 0.172. The summed E-state index contributed by atoms with van der Waals surface area (Å²) in [6.45, 7) is 0. The largest absolute Gasteiger partial charge is 0.455 e. The molecular weight excluding hydrogens is 669 g/mol. The summed E-state index contributed by atoms with van der Waals surface area (Å²) in [5.74, 6) is 0. The highest BCUT2D eigenvalue weighted by atomic mass is 16.3. The lowest BCUT2D eigenvalue weighted by Crippen LogP contribution is -2.11. The average molecular weight is 703 g/mol. The summed E-state index contributed by atoms with van der Waals surface area (Å²) in [5, 5.41) is 7.34. The van der Waals surface area contributed by atoms with Crippen molar-refractivity contribution in [2.75, 3.05) is 4.90 Å². The second-order valence-electron chi connectivity index (χ2n) is 14.1. The Labute approximate surface area is 318 Å². The van der Waals surface area contributed by atoms with E-state index in [2.05, 4.69) is 204 Å². The SMILES string of the molecule is c1ccc(-c2ccccc2N(c2ccc(-c3cccc4c3oc3ccccc34)cc2)c2ccc(-n3c4ccccc4c4c5ccccc5ccc43)cc2)cc1. The fourth-order valence-electron chi connectivity index (χ4n) is 8.49.